The fourth-order valence-electron chi connectivity index (χ4n) is 3.17. The van der Waals surface area contributed by atoms with Crippen molar-refractivity contribution in [2.75, 3.05) is 7.11 Å². The average Bonchev–Trinajstić information content (AvgIpc) is 2.74. The molecule has 1 heterocycles. The Morgan fingerprint density at radius 1 is 0.800 bits per heavy atom. The van der Waals surface area contributed by atoms with Crippen LogP contribution >= 0.6 is 0 Å². The Balaban J connectivity index is 0.000000461. The second kappa shape index (κ2) is 9.50. The third-order valence-electron chi connectivity index (χ3n) is 4.27. The van der Waals surface area contributed by atoms with Gasteiger partial charge >= 0.3 is 7.25 Å². The van der Waals surface area contributed by atoms with E-state index in [1.54, 1.807) is 7.11 Å². The van der Waals surface area contributed by atoms with Crippen molar-refractivity contribution in [2.24, 2.45) is 0 Å². The Morgan fingerprint density at radius 3 is 1.93 bits per heavy atom. The van der Waals surface area contributed by atoms with E-state index in [0.29, 0.717) is 6.61 Å². The molecular formula is C22H19BF4N2O. The first kappa shape index (κ1) is 21.5. The highest BCUT2D eigenvalue weighted by Gasteiger charge is 2.25. The largest absolute Gasteiger partial charge is 0.673 e. The summed E-state index contributed by atoms with van der Waals surface area (Å²) in [6.45, 7) is 0.528. The summed E-state index contributed by atoms with van der Waals surface area (Å²) >= 11 is 0. The molecule has 0 aliphatic rings. The topological polar surface area (TPSA) is 26.0 Å². The van der Waals surface area contributed by atoms with Gasteiger partial charge in [0.05, 0.1) is 12.2 Å². The predicted octanol–water partition coefficient (Wildman–Crippen LogP) is 5.62. The van der Waals surface area contributed by atoms with Gasteiger partial charge in [-0.1, -0.05) is 54.6 Å². The molecule has 4 aromatic rings. The van der Waals surface area contributed by atoms with E-state index in [2.05, 4.69) is 42.5 Å². The molecule has 4 rings (SSSR count). The number of aromatic nitrogens is 2. The maximum Gasteiger partial charge on any atom is 0.673 e. The number of halogens is 4. The van der Waals surface area contributed by atoms with E-state index in [9.17, 15) is 17.3 Å². The number of para-hydroxylation sites is 1. The highest BCUT2D eigenvalue weighted by Crippen LogP contribution is 2.27. The Hall–Kier alpha value is -3.26. The zero-order valence-corrected chi connectivity index (χ0v) is 16.2. The molecule has 30 heavy (non-hydrogen) atoms. The normalized spacial score (nSPS) is 11.1. The molecule has 0 unspecified atom stereocenters. The summed E-state index contributed by atoms with van der Waals surface area (Å²) in [5.74, 6) is 0. The monoisotopic (exact) mass is 414 g/mol. The Labute approximate surface area is 171 Å². The maximum atomic E-state index is 9.75. The molecule has 0 radical (unpaired) electrons. The van der Waals surface area contributed by atoms with Crippen LogP contribution in [0.15, 0.2) is 84.9 Å². The summed E-state index contributed by atoms with van der Waals surface area (Å²) in [4.78, 5) is 0. The molecule has 0 fully saturated rings. The number of ether oxygens (including phenoxy) is 1. The predicted molar refractivity (Wildman–Crippen MR) is 110 cm³/mol. The summed E-state index contributed by atoms with van der Waals surface area (Å²) in [6.07, 6.45) is 0. The molecule has 0 bridgehead atoms. The smallest absolute Gasteiger partial charge is 0.418 e. The van der Waals surface area contributed by atoms with Gasteiger partial charge in [0.1, 0.15) is 5.52 Å². The van der Waals surface area contributed by atoms with Gasteiger partial charge in [0.15, 0.2) is 0 Å². The molecular weight excluding hydrogens is 395 g/mol. The van der Waals surface area contributed by atoms with E-state index in [1.165, 1.54) is 0 Å². The van der Waals surface area contributed by atoms with Crippen molar-refractivity contribution in [3.05, 3.63) is 90.5 Å². The standard InChI is InChI=1S/C22H19N2O.BF4/c1-25-16-20-19-14-8-9-15-21(19)23-24(18-12-6-3-7-13-18)22(20)17-10-4-2-5-11-17;2-1(3,4)5/h2-15H,16H2,1H3;/q+1;-1. The van der Waals surface area contributed by atoms with Crippen LogP contribution in [0.1, 0.15) is 5.56 Å². The fourth-order valence-corrected chi connectivity index (χ4v) is 3.17. The minimum absolute atomic E-state index is 0.528. The van der Waals surface area contributed by atoms with Crippen LogP contribution in [0.4, 0.5) is 17.3 Å². The van der Waals surface area contributed by atoms with E-state index in [-0.39, 0.29) is 0 Å². The number of rotatable bonds is 4. The lowest BCUT2D eigenvalue weighted by molar-refractivity contribution is -0.646. The van der Waals surface area contributed by atoms with Crippen LogP contribution in [0, 0.1) is 0 Å². The third-order valence-corrected chi connectivity index (χ3v) is 4.27. The molecule has 3 aromatic carbocycles. The first-order valence-corrected chi connectivity index (χ1v) is 9.19. The summed E-state index contributed by atoms with van der Waals surface area (Å²) in [5.41, 5.74) is 5.31. The number of nitrogens with zero attached hydrogens (tertiary/aromatic N) is 2. The Morgan fingerprint density at radius 2 is 1.33 bits per heavy atom. The van der Waals surface area contributed by atoms with E-state index >= 15 is 0 Å². The van der Waals surface area contributed by atoms with E-state index in [4.69, 9.17) is 9.84 Å². The van der Waals surface area contributed by atoms with Gasteiger partial charge in [0.2, 0.25) is 5.69 Å². The molecule has 0 aliphatic carbocycles. The lowest BCUT2D eigenvalue weighted by Gasteiger charge is -2.10. The van der Waals surface area contributed by atoms with Crippen molar-refractivity contribution in [2.45, 2.75) is 6.61 Å². The maximum absolute atomic E-state index is 9.75. The van der Waals surface area contributed by atoms with Crippen molar-refractivity contribution >= 4 is 18.2 Å². The van der Waals surface area contributed by atoms with Gasteiger partial charge < -0.3 is 22.0 Å². The Kier molecular flexibility index (Phi) is 6.79. The number of methoxy groups -OCH3 is 1. The summed E-state index contributed by atoms with van der Waals surface area (Å²) in [5, 5.41) is 6.05. The summed E-state index contributed by atoms with van der Waals surface area (Å²) in [6, 6.07) is 28.8. The van der Waals surface area contributed by atoms with Gasteiger partial charge in [-0.2, -0.15) is 0 Å². The van der Waals surface area contributed by atoms with Crippen molar-refractivity contribution in [1.29, 1.82) is 0 Å². The van der Waals surface area contributed by atoms with Gasteiger partial charge in [-0.15, -0.1) is 0 Å². The third kappa shape index (κ3) is 5.42. The van der Waals surface area contributed by atoms with Crippen molar-refractivity contribution in [3.8, 4) is 16.9 Å². The zero-order valence-electron chi connectivity index (χ0n) is 16.2. The van der Waals surface area contributed by atoms with Crippen LogP contribution in [-0.4, -0.2) is 19.5 Å². The SMILES string of the molecule is COCc1c(-c2ccccc2)[n+](-c2ccccc2)nc2ccccc12.F[B-](F)(F)F. The summed E-state index contributed by atoms with van der Waals surface area (Å²) < 4.78 is 46.6. The lowest BCUT2D eigenvalue weighted by atomic mass is 10.0. The molecule has 0 aliphatic heterocycles. The minimum Gasteiger partial charge on any atom is -0.418 e. The number of hydrogen-bond acceptors (Lipinski definition) is 2. The van der Waals surface area contributed by atoms with Crippen molar-refractivity contribution in [1.82, 2.24) is 5.10 Å². The molecule has 0 N–H and O–H groups in total. The Bertz CT molecular complexity index is 1100. The van der Waals surface area contributed by atoms with Crippen LogP contribution < -0.4 is 4.68 Å². The number of fused-ring (bicyclic) bond motifs is 1. The van der Waals surface area contributed by atoms with E-state index < -0.39 is 7.25 Å². The molecule has 0 amide bonds. The van der Waals surface area contributed by atoms with Crippen LogP contribution in [0.25, 0.3) is 27.8 Å². The lowest BCUT2D eigenvalue weighted by Crippen LogP contribution is -2.39. The molecule has 8 heteroatoms. The highest BCUT2D eigenvalue weighted by molar-refractivity contribution is 6.50. The minimum atomic E-state index is -6.00. The fraction of sp³-hybridized carbons (Fsp3) is 0.0909. The highest BCUT2D eigenvalue weighted by atomic mass is 19.5. The van der Waals surface area contributed by atoms with E-state index in [1.807, 2.05) is 47.1 Å². The molecule has 0 saturated heterocycles. The van der Waals surface area contributed by atoms with Gasteiger partial charge in [0.25, 0.3) is 5.69 Å². The van der Waals surface area contributed by atoms with Gasteiger partial charge in [0, 0.05) is 35.3 Å². The molecule has 0 spiro atoms. The van der Waals surface area contributed by atoms with Crippen LogP contribution in [0.5, 0.6) is 0 Å². The van der Waals surface area contributed by atoms with Crippen LogP contribution in [0.3, 0.4) is 0 Å². The van der Waals surface area contributed by atoms with Crippen LogP contribution in [-0.2, 0) is 11.3 Å². The van der Waals surface area contributed by atoms with Gasteiger partial charge in [-0.25, -0.2) is 0 Å². The quantitative estimate of drug-likeness (QED) is 0.246. The molecule has 0 atom stereocenters. The van der Waals surface area contributed by atoms with Crippen molar-refractivity contribution in [3.63, 3.8) is 0 Å². The molecule has 0 saturated carbocycles. The summed E-state index contributed by atoms with van der Waals surface area (Å²) in [7, 11) is -4.27. The van der Waals surface area contributed by atoms with Gasteiger partial charge in [-0.3, -0.25) is 0 Å². The van der Waals surface area contributed by atoms with Crippen LogP contribution in [0.2, 0.25) is 0 Å². The average molecular weight is 414 g/mol. The second-order valence-electron chi connectivity index (χ2n) is 6.39. The molecule has 3 nitrogen and oxygen atoms in total. The number of benzene rings is 3. The van der Waals surface area contributed by atoms with Crippen molar-refractivity contribution < 1.29 is 26.7 Å². The van der Waals surface area contributed by atoms with Gasteiger partial charge in [-0.05, 0) is 22.9 Å². The molecule has 1 aromatic heterocycles. The zero-order chi connectivity index (χ0) is 21.6. The second-order valence-corrected chi connectivity index (χ2v) is 6.39. The molecule has 154 valence electrons. The number of hydrogen-bond donors (Lipinski definition) is 0. The first-order valence-electron chi connectivity index (χ1n) is 9.19. The van der Waals surface area contributed by atoms with E-state index in [0.717, 1.165) is 33.4 Å². The first-order chi connectivity index (χ1) is 14.4.